The molecule has 4 nitrogen and oxygen atoms in total. The van der Waals surface area contributed by atoms with Gasteiger partial charge in [0.1, 0.15) is 5.75 Å². The Balaban J connectivity index is 2.00. The van der Waals surface area contributed by atoms with Crippen LogP contribution in [0.25, 0.3) is 0 Å². The van der Waals surface area contributed by atoms with Crippen LogP contribution >= 0.6 is 0 Å². The quantitative estimate of drug-likeness (QED) is 0.825. The molecule has 1 aliphatic heterocycles. The SMILES string of the molecule is COc1c(C)cnc(COC2CCCCO2)c1C. The summed E-state index contributed by atoms with van der Waals surface area (Å²) in [6.45, 7) is 5.29. The highest BCUT2D eigenvalue weighted by atomic mass is 16.7. The second kappa shape index (κ2) is 6.16. The summed E-state index contributed by atoms with van der Waals surface area (Å²) in [7, 11) is 1.68. The van der Waals surface area contributed by atoms with E-state index in [1.54, 1.807) is 7.11 Å². The summed E-state index contributed by atoms with van der Waals surface area (Å²) in [6, 6.07) is 0. The van der Waals surface area contributed by atoms with Gasteiger partial charge < -0.3 is 14.2 Å². The number of nitrogens with zero attached hydrogens (tertiary/aromatic N) is 1. The molecule has 0 spiro atoms. The monoisotopic (exact) mass is 251 g/mol. The highest BCUT2D eigenvalue weighted by Crippen LogP contribution is 2.25. The fourth-order valence-corrected chi connectivity index (χ4v) is 2.23. The number of hydrogen-bond acceptors (Lipinski definition) is 4. The standard InChI is InChI=1S/C14H21NO3/c1-10-8-15-12(11(2)14(10)16-3)9-18-13-6-4-5-7-17-13/h8,13H,4-7,9H2,1-3H3. The summed E-state index contributed by atoms with van der Waals surface area (Å²) < 4.78 is 16.7. The van der Waals surface area contributed by atoms with E-state index >= 15 is 0 Å². The van der Waals surface area contributed by atoms with Crippen LogP contribution in [0.15, 0.2) is 6.20 Å². The van der Waals surface area contributed by atoms with Crippen molar-refractivity contribution in [1.82, 2.24) is 4.98 Å². The average molecular weight is 251 g/mol. The van der Waals surface area contributed by atoms with Gasteiger partial charge >= 0.3 is 0 Å². The van der Waals surface area contributed by atoms with Crippen molar-refractivity contribution in [3.05, 3.63) is 23.0 Å². The third-order valence-corrected chi connectivity index (χ3v) is 3.29. The van der Waals surface area contributed by atoms with Crippen LogP contribution in [-0.2, 0) is 16.1 Å². The number of methoxy groups -OCH3 is 1. The first kappa shape index (κ1) is 13.3. The van der Waals surface area contributed by atoms with Crippen LogP contribution in [0.1, 0.15) is 36.1 Å². The van der Waals surface area contributed by atoms with Crippen molar-refractivity contribution in [2.45, 2.75) is 46.0 Å². The second-order valence-electron chi connectivity index (χ2n) is 4.65. The zero-order chi connectivity index (χ0) is 13.0. The van der Waals surface area contributed by atoms with Crippen LogP contribution in [0.5, 0.6) is 5.75 Å². The summed E-state index contributed by atoms with van der Waals surface area (Å²) >= 11 is 0. The Kier molecular flexibility index (Phi) is 4.55. The molecule has 18 heavy (non-hydrogen) atoms. The molecule has 0 bridgehead atoms. The van der Waals surface area contributed by atoms with Crippen LogP contribution in [-0.4, -0.2) is 25.0 Å². The van der Waals surface area contributed by atoms with Gasteiger partial charge in [-0.25, -0.2) is 0 Å². The van der Waals surface area contributed by atoms with Gasteiger partial charge in [-0.1, -0.05) is 0 Å². The van der Waals surface area contributed by atoms with Gasteiger partial charge in [-0.3, -0.25) is 4.98 Å². The minimum atomic E-state index is -0.0766. The van der Waals surface area contributed by atoms with Crippen LogP contribution in [0.4, 0.5) is 0 Å². The molecule has 0 aliphatic carbocycles. The van der Waals surface area contributed by atoms with Gasteiger partial charge in [0.05, 0.1) is 19.4 Å². The van der Waals surface area contributed by atoms with Gasteiger partial charge in [0, 0.05) is 23.9 Å². The van der Waals surface area contributed by atoms with Crippen molar-refractivity contribution in [2.75, 3.05) is 13.7 Å². The van der Waals surface area contributed by atoms with Gasteiger partial charge in [-0.15, -0.1) is 0 Å². The lowest BCUT2D eigenvalue weighted by atomic mass is 10.1. The zero-order valence-electron chi connectivity index (χ0n) is 11.4. The lowest BCUT2D eigenvalue weighted by Gasteiger charge is -2.23. The molecule has 1 unspecified atom stereocenters. The van der Waals surface area contributed by atoms with Crippen LogP contribution in [0.2, 0.25) is 0 Å². The van der Waals surface area contributed by atoms with E-state index in [1.165, 1.54) is 6.42 Å². The minimum Gasteiger partial charge on any atom is -0.496 e. The highest BCUT2D eigenvalue weighted by molar-refractivity contribution is 5.40. The Bertz CT molecular complexity index is 400. The molecule has 4 heteroatoms. The second-order valence-corrected chi connectivity index (χ2v) is 4.65. The smallest absolute Gasteiger partial charge is 0.158 e. The Hall–Kier alpha value is -1.13. The molecule has 0 N–H and O–H groups in total. The Labute approximate surface area is 108 Å². The van der Waals surface area contributed by atoms with Gasteiger partial charge in [-0.05, 0) is 33.1 Å². The van der Waals surface area contributed by atoms with Gasteiger partial charge in [0.15, 0.2) is 6.29 Å². The van der Waals surface area contributed by atoms with Crippen molar-refractivity contribution < 1.29 is 14.2 Å². The van der Waals surface area contributed by atoms with Crippen molar-refractivity contribution in [3.8, 4) is 5.75 Å². The molecular weight excluding hydrogens is 230 g/mol. The van der Waals surface area contributed by atoms with Crippen LogP contribution in [0, 0.1) is 13.8 Å². The maximum absolute atomic E-state index is 5.75. The highest BCUT2D eigenvalue weighted by Gasteiger charge is 2.16. The normalized spacial score (nSPS) is 19.8. The predicted octanol–water partition coefficient (Wildman–Crippen LogP) is 2.75. The predicted molar refractivity (Wildman–Crippen MR) is 68.6 cm³/mol. The fraction of sp³-hybridized carbons (Fsp3) is 0.643. The van der Waals surface area contributed by atoms with E-state index in [9.17, 15) is 0 Å². The number of rotatable bonds is 4. The topological polar surface area (TPSA) is 40.6 Å². The number of pyridine rings is 1. The Morgan fingerprint density at radius 1 is 1.39 bits per heavy atom. The van der Waals surface area contributed by atoms with Gasteiger partial charge in [-0.2, -0.15) is 0 Å². The van der Waals surface area contributed by atoms with E-state index in [-0.39, 0.29) is 6.29 Å². The zero-order valence-corrected chi connectivity index (χ0v) is 11.4. The number of aryl methyl sites for hydroxylation is 1. The largest absolute Gasteiger partial charge is 0.496 e. The summed E-state index contributed by atoms with van der Waals surface area (Å²) in [6.07, 6.45) is 5.03. The van der Waals surface area contributed by atoms with Gasteiger partial charge in [0.25, 0.3) is 0 Å². The summed E-state index contributed by atoms with van der Waals surface area (Å²) in [4.78, 5) is 4.41. The van der Waals surface area contributed by atoms with E-state index in [0.717, 1.165) is 42.0 Å². The summed E-state index contributed by atoms with van der Waals surface area (Å²) in [5.41, 5.74) is 3.02. The van der Waals surface area contributed by atoms with E-state index in [1.807, 2.05) is 20.0 Å². The molecule has 1 atom stereocenters. The first-order valence-corrected chi connectivity index (χ1v) is 6.44. The third-order valence-electron chi connectivity index (χ3n) is 3.29. The molecule has 0 aromatic carbocycles. The molecule has 0 saturated carbocycles. The molecule has 1 fully saturated rings. The number of aromatic nitrogens is 1. The molecule has 2 heterocycles. The summed E-state index contributed by atoms with van der Waals surface area (Å²) in [5, 5.41) is 0. The van der Waals surface area contributed by atoms with Crippen LogP contribution < -0.4 is 4.74 Å². The van der Waals surface area contributed by atoms with E-state index in [2.05, 4.69) is 4.98 Å². The molecular formula is C14H21NO3. The lowest BCUT2D eigenvalue weighted by molar-refractivity contribution is -0.169. The van der Waals surface area contributed by atoms with Crippen molar-refractivity contribution in [3.63, 3.8) is 0 Å². The first-order chi connectivity index (χ1) is 8.72. The van der Waals surface area contributed by atoms with Crippen molar-refractivity contribution in [1.29, 1.82) is 0 Å². The lowest BCUT2D eigenvalue weighted by Crippen LogP contribution is -2.22. The van der Waals surface area contributed by atoms with Gasteiger partial charge in [0.2, 0.25) is 0 Å². The van der Waals surface area contributed by atoms with Crippen molar-refractivity contribution in [2.24, 2.45) is 0 Å². The molecule has 100 valence electrons. The molecule has 1 aromatic heterocycles. The molecule has 0 amide bonds. The van der Waals surface area contributed by atoms with Crippen LogP contribution in [0.3, 0.4) is 0 Å². The Morgan fingerprint density at radius 3 is 2.89 bits per heavy atom. The Morgan fingerprint density at radius 2 is 2.22 bits per heavy atom. The first-order valence-electron chi connectivity index (χ1n) is 6.44. The molecule has 1 saturated heterocycles. The maximum atomic E-state index is 5.75. The summed E-state index contributed by atoms with van der Waals surface area (Å²) in [5.74, 6) is 0.896. The minimum absolute atomic E-state index is 0.0766. The van der Waals surface area contributed by atoms with E-state index < -0.39 is 0 Å². The molecule has 2 rings (SSSR count). The maximum Gasteiger partial charge on any atom is 0.158 e. The fourth-order valence-electron chi connectivity index (χ4n) is 2.23. The molecule has 1 aromatic rings. The third kappa shape index (κ3) is 3.00. The molecule has 1 aliphatic rings. The average Bonchev–Trinajstić information content (AvgIpc) is 2.40. The van der Waals surface area contributed by atoms with E-state index in [4.69, 9.17) is 14.2 Å². The van der Waals surface area contributed by atoms with Crippen molar-refractivity contribution >= 4 is 0 Å². The number of hydrogen-bond donors (Lipinski definition) is 0. The molecule has 0 radical (unpaired) electrons. The number of ether oxygens (including phenoxy) is 3. The van der Waals surface area contributed by atoms with E-state index in [0.29, 0.717) is 6.61 Å².